The number of rotatable bonds is 5. The van der Waals surface area contributed by atoms with E-state index in [-0.39, 0.29) is 11.8 Å². The first-order valence-electron chi connectivity index (χ1n) is 9.39. The van der Waals surface area contributed by atoms with Gasteiger partial charge in [0.1, 0.15) is 0 Å². The molecule has 0 bridgehead atoms. The van der Waals surface area contributed by atoms with Gasteiger partial charge in [-0.3, -0.25) is 9.59 Å². The summed E-state index contributed by atoms with van der Waals surface area (Å²) in [4.78, 5) is 31.1. The molecule has 4 rings (SSSR count). The Morgan fingerprint density at radius 2 is 1.48 bits per heavy atom. The number of carbonyl (C=O) groups excluding carboxylic acids is 2. The summed E-state index contributed by atoms with van der Waals surface area (Å²) in [6.07, 6.45) is 0. The number of para-hydroxylation sites is 2. The Labute approximate surface area is 169 Å². The summed E-state index contributed by atoms with van der Waals surface area (Å²) in [6.45, 7) is 0. The van der Waals surface area contributed by atoms with Gasteiger partial charge in [0.25, 0.3) is 11.8 Å². The number of aromatic nitrogens is 1. The van der Waals surface area contributed by atoms with Gasteiger partial charge in [-0.2, -0.15) is 0 Å². The van der Waals surface area contributed by atoms with Crippen molar-refractivity contribution in [3.8, 4) is 0 Å². The van der Waals surface area contributed by atoms with E-state index in [0.717, 1.165) is 10.9 Å². The number of fused-ring (bicyclic) bond motifs is 1. The fourth-order valence-corrected chi connectivity index (χ4v) is 3.40. The summed E-state index contributed by atoms with van der Waals surface area (Å²) in [5.74, 6) is -0.507. The number of likely N-dealkylation sites (N-methyl/N-ethyl adjacent to an activating group) is 1. The molecule has 144 valence electrons. The van der Waals surface area contributed by atoms with Gasteiger partial charge in [-0.05, 0) is 41.8 Å². The molecule has 0 saturated carbocycles. The maximum atomic E-state index is 13.2. The number of hydrogen-bond acceptors (Lipinski definition) is 2. The number of nitrogens with zero attached hydrogens (tertiary/aromatic N) is 1. The van der Waals surface area contributed by atoms with Crippen LogP contribution in [-0.2, 0) is 4.79 Å². The van der Waals surface area contributed by atoms with Crippen molar-refractivity contribution < 1.29 is 9.59 Å². The highest BCUT2D eigenvalue weighted by Gasteiger charge is 2.30. The Hall–Kier alpha value is -3.86. The lowest BCUT2D eigenvalue weighted by Crippen LogP contribution is -2.38. The maximum Gasteiger partial charge on any atom is 0.254 e. The summed E-state index contributed by atoms with van der Waals surface area (Å²) in [5, 5.41) is 3.91. The SMILES string of the molecule is CN(C(=O)c1ccccc1)C(C(=O)Nc1ccccc1)c1cc2ccccc2[nH]1. The Kier molecular flexibility index (Phi) is 5.12. The van der Waals surface area contributed by atoms with Crippen LogP contribution in [0.25, 0.3) is 10.9 Å². The number of hydrogen-bond donors (Lipinski definition) is 2. The molecule has 3 aromatic carbocycles. The predicted molar refractivity (Wildman–Crippen MR) is 115 cm³/mol. The van der Waals surface area contributed by atoms with Crippen LogP contribution in [0.15, 0.2) is 91.0 Å². The Bertz CT molecular complexity index is 1100. The van der Waals surface area contributed by atoms with Gasteiger partial charge in [-0.25, -0.2) is 0 Å². The molecule has 4 aromatic rings. The molecule has 0 fully saturated rings. The number of carbonyl (C=O) groups is 2. The molecule has 5 heteroatoms. The predicted octanol–water partition coefficient (Wildman–Crippen LogP) is 4.62. The van der Waals surface area contributed by atoms with Crippen molar-refractivity contribution in [2.45, 2.75) is 6.04 Å². The lowest BCUT2D eigenvalue weighted by atomic mass is 10.1. The van der Waals surface area contributed by atoms with E-state index in [2.05, 4.69) is 10.3 Å². The smallest absolute Gasteiger partial charge is 0.254 e. The van der Waals surface area contributed by atoms with Crippen LogP contribution in [0.3, 0.4) is 0 Å². The Morgan fingerprint density at radius 1 is 0.862 bits per heavy atom. The molecule has 1 atom stereocenters. The molecule has 0 radical (unpaired) electrons. The molecule has 0 saturated heterocycles. The molecule has 0 aliphatic rings. The summed E-state index contributed by atoms with van der Waals surface area (Å²) in [7, 11) is 1.65. The molecule has 29 heavy (non-hydrogen) atoms. The quantitative estimate of drug-likeness (QED) is 0.528. The average molecular weight is 383 g/mol. The van der Waals surface area contributed by atoms with Crippen LogP contribution in [0, 0.1) is 0 Å². The van der Waals surface area contributed by atoms with Crippen LogP contribution in [0.1, 0.15) is 22.1 Å². The molecule has 5 nitrogen and oxygen atoms in total. The van der Waals surface area contributed by atoms with Gasteiger partial charge < -0.3 is 15.2 Å². The molecule has 1 unspecified atom stereocenters. The molecular formula is C24H21N3O2. The zero-order valence-electron chi connectivity index (χ0n) is 16.0. The van der Waals surface area contributed by atoms with E-state index in [1.165, 1.54) is 4.90 Å². The van der Waals surface area contributed by atoms with Crippen LogP contribution in [-0.4, -0.2) is 28.7 Å². The van der Waals surface area contributed by atoms with Crippen molar-refractivity contribution >= 4 is 28.4 Å². The van der Waals surface area contributed by atoms with Crippen LogP contribution in [0.4, 0.5) is 5.69 Å². The monoisotopic (exact) mass is 383 g/mol. The molecule has 2 N–H and O–H groups in total. The summed E-state index contributed by atoms with van der Waals surface area (Å²) >= 11 is 0. The molecule has 2 amide bonds. The molecule has 0 aliphatic carbocycles. The van der Waals surface area contributed by atoms with Crippen LogP contribution in [0.5, 0.6) is 0 Å². The van der Waals surface area contributed by atoms with Gasteiger partial charge in [0, 0.05) is 29.5 Å². The summed E-state index contributed by atoms with van der Waals surface area (Å²) < 4.78 is 0. The van der Waals surface area contributed by atoms with E-state index in [0.29, 0.717) is 16.9 Å². The second-order valence-electron chi connectivity index (χ2n) is 6.85. The van der Waals surface area contributed by atoms with Crippen LogP contribution < -0.4 is 5.32 Å². The number of aromatic amines is 1. The van der Waals surface area contributed by atoms with Crippen molar-refractivity contribution in [1.29, 1.82) is 0 Å². The number of amides is 2. The van der Waals surface area contributed by atoms with Gasteiger partial charge in [-0.1, -0.05) is 54.6 Å². The zero-order chi connectivity index (χ0) is 20.2. The van der Waals surface area contributed by atoms with Gasteiger partial charge >= 0.3 is 0 Å². The first kappa shape index (κ1) is 18.5. The number of anilines is 1. The number of benzene rings is 3. The van der Waals surface area contributed by atoms with Crippen molar-refractivity contribution in [1.82, 2.24) is 9.88 Å². The highest BCUT2D eigenvalue weighted by atomic mass is 16.2. The van der Waals surface area contributed by atoms with Gasteiger partial charge in [-0.15, -0.1) is 0 Å². The maximum absolute atomic E-state index is 13.2. The third-order valence-corrected chi connectivity index (χ3v) is 4.86. The highest BCUT2D eigenvalue weighted by Crippen LogP contribution is 2.26. The Morgan fingerprint density at radius 3 is 2.17 bits per heavy atom. The van der Waals surface area contributed by atoms with Gasteiger partial charge in [0.2, 0.25) is 0 Å². The van der Waals surface area contributed by atoms with Crippen molar-refractivity contribution in [3.05, 3.63) is 102 Å². The molecule has 1 heterocycles. The topological polar surface area (TPSA) is 65.2 Å². The van der Waals surface area contributed by atoms with Crippen molar-refractivity contribution in [2.24, 2.45) is 0 Å². The summed E-state index contributed by atoms with van der Waals surface area (Å²) in [5.41, 5.74) is 2.79. The first-order valence-corrected chi connectivity index (χ1v) is 9.39. The van der Waals surface area contributed by atoms with Gasteiger partial charge in [0.15, 0.2) is 6.04 Å². The van der Waals surface area contributed by atoms with Crippen LogP contribution >= 0.6 is 0 Å². The highest BCUT2D eigenvalue weighted by molar-refractivity contribution is 6.02. The van der Waals surface area contributed by atoms with E-state index in [1.54, 1.807) is 19.2 Å². The second-order valence-corrected chi connectivity index (χ2v) is 6.85. The molecule has 0 spiro atoms. The fourth-order valence-electron chi connectivity index (χ4n) is 3.40. The van der Waals surface area contributed by atoms with Crippen LogP contribution in [0.2, 0.25) is 0 Å². The minimum atomic E-state index is -0.810. The van der Waals surface area contributed by atoms with E-state index in [9.17, 15) is 9.59 Å². The standard InChI is InChI=1S/C24H21N3O2/c1-27(24(29)17-10-4-2-5-11-17)22(23(28)25-19-13-6-3-7-14-19)21-16-18-12-8-9-15-20(18)26-21/h2-16,22,26H,1H3,(H,25,28). The third kappa shape index (κ3) is 3.89. The van der Waals surface area contributed by atoms with E-state index in [1.807, 2.05) is 78.9 Å². The summed E-state index contributed by atoms with van der Waals surface area (Å²) in [6, 6.07) is 27.1. The lowest BCUT2D eigenvalue weighted by Gasteiger charge is -2.27. The second kappa shape index (κ2) is 8.02. The minimum Gasteiger partial charge on any atom is -0.356 e. The van der Waals surface area contributed by atoms with Gasteiger partial charge in [0.05, 0.1) is 0 Å². The molecule has 1 aromatic heterocycles. The number of nitrogens with one attached hydrogen (secondary N) is 2. The molecule has 0 aliphatic heterocycles. The lowest BCUT2D eigenvalue weighted by molar-refractivity contribution is -0.120. The first-order chi connectivity index (χ1) is 14.1. The van der Waals surface area contributed by atoms with Crippen molar-refractivity contribution in [2.75, 3.05) is 12.4 Å². The zero-order valence-corrected chi connectivity index (χ0v) is 16.0. The average Bonchev–Trinajstić information content (AvgIpc) is 3.18. The Balaban J connectivity index is 1.71. The van der Waals surface area contributed by atoms with E-state index in [4.69, 9.17) is 0 Å². The van der Waals surface area contributed by atoms with Crippen molar-refractivity contribution in [3.63, 3.8) is 0 Å². The number of H-pyrrole nitrogens is 1. The third-order valence-electron chi connectivity index (χ3n) is 4.86. The fraction of sp³-hybridized carbons (Fsp3) is 0.0833. The van der Waals surface area contributed by atoms with E-state index < -0.39 is 6.04 Å². The van der Waals surface area contributed by atoms with E-state index >= 15 is 0 Å². The minimum absolute atomic E-state index is 0.225. The largest absolute Gasteiger partial charge is 0.356 e. The molecular weight excluding hydrogens is 362 g/mol. The normalized spacial score (nSPS) is 11.8.